The second-order valence-corrected chi connectivity index (χ2v) is 8.47. The average molecular weight is 379 g/mol. The van der Waals surface area contributed by atoms with Gasteiger partial charge in [-0.05, 0) is 44.0 Å². The Labute approximate surface area is 144 Å². The molecule has 2 rings (SSSR count). The van der Waals surface area contributed by atoms with Gasteiger partial charge in [0, 0.05) is 18.3 Å². The lowest BCUT2D eigenvalue weighted by Crippen LogP contribution is -2.45. The Morgan fingerprint density at radius 1 is 1.28 bits per heavy atom. The van der Waals surface area contributed by atoms with Crippen molar-refractivity contribution in [3.63, 3.8) is 0 Å². The predicted octanol–water partition coefficient (Wildman–Crippen LogP) is 2.51. The summed E-state index contributed by atoms with van der Waals surface area (Å²) < 4.78 is 65.7. The summed E-state index contributed by atoms with van der Waals surface area (Å²) in [5.74, 6) is -0.374. The zero-order valence-corrected chi connectivity index (χ0v) is 14.7. The second kappa shape index (κ2) is 7.23. The fourth-order valence-corrected chi connectivity index (χ4v) is 3.68. The standard InChI is InChI=1S/C16H20F3NO4S/c1-11(10-25(2,22)23)20(13-5-6-13)15(21)9-24-14-7-3-12(4-8-14)16(17,18)19/h3-4,7-8,11,13H,5-6,9-10H2,1-2H3/t11-/m0/s1. The summed E-state index contributed by atoms with van der Waals surface area (Å²) in [6.45, 7) is 1.31. The normalized spacial score (nSPS) is 16.4. The molecule has 1 amide bonds. The molecule has 0 radical (unpaired) electrons. The number of nitrogens with zero attached hydrogens (tertiary/aromatic N) is 1. The van der Waals surface area contributed by atoms with E-state index in [9.17, 15) is 26.4 Å². The predicted molar refractivity (Wildman–Crippen MR) is 86.0 cm³/mol. The Kier molecular flexibility index (Phi) is 5.65. The van der Waals surface area contributed by atoms with Gasteiger partial charge in [0.15, 0.2) is 6.61 Å². The van der Waals surface area contributed by atoms with Crippen molar-refractivity contribution in [1.82, 2.24) is 4.90 Å². The van der Waals surface area contributed by atoms with Gasteiger partial charge in [0.25, 0.3) is 5.91 Å². The maximum absolute atomic E-state index is 12.5. The van der Waals surface area contributed by atoms with Gasteiger partial charge >= 0.3 is 6.18 Å². The Bertz CT molecular complexity index is 712. The minimum Gasteiger partial charge on any atom is -0.484 e. The van der Waals surface area contributed by atoms with Crippen LogP contribution in [-0.4, -0.2) is 49.9 Å². The van der Waals surface area contributed by atoms with E-state index in [0.29, 0.717) is 0 Å². The molecule has 1 aliphatic rings. The van der Waals surface area contributed by atoms with E-state index in [1.807, 2.05) is 0 Å². The molecule has 1 aromatic carbocycles. The highest BCUT2D eigenvalue weighted by atomic mass is 32.2. The number of sulfone groups is 1. The fraction of sp³-hybridized carbons (Fsp3) is 0.562. The highest BCUT2D eigenvalue weighted by Gasteiger charge is 2.37. The van der Waals surface area contributed by atoms with E-state index in [2.05, 4.69) is 0 Å². The molecule has 0 heterocycles. The van der Waals surface area contributed by atoms with E-state index < -0.39 is 27.6 Å². The number of carbonyl (C=O) groups is 1. The van der Waals surface area contributed by atoms with Crippen LogP contribution in [0.15, 0.2) is 24.3 Å². The van der Waals surface area contributed by atoms with Gasteiger partial charge < -0.3 is 9.64 Å². The first-order valence-corrected chi connectivity index (χ1v) is 9.82. The lowest BCUT2D eigenvalue weighted by Gasteiger charge is -2.29. The van der Waals surface area contributed by atoms with Crippen LogP contribution in [0.5, 0.6) is 5.75 Å². The van der Waals surface area contributed by atoms with Gasteiger partial charge in [-0.25, -0.2) is 8.42 Å². The zero-order valence-electron chi connectivity index (χ0n) is 13.9. The van der Waals surface area contributed by atoms with E-state index >= 15 is 0 Å². The van der Waals surface area contributed by atoms with Gasteiger partial charge in [0.1, 0.15) is 15.6 Å². The number of halogens is 3. The molecule has 0 saturated heterocycles. The van der Waals surface area contributed by atoms with Crippen LogP contribution in [0.25, 0.3) is 0 Å². The highest BCUT2D eigenvalue weighted by Crippen LogP contribution is 2.31. The van der Waals surface area contributed by atoms with Gasteiger partial charge in [-0.3, -0.25) is 4.79 Å². The molecule has 140 valence electrons. The molecule has 1 aliphatic carbocycles. The largest absolute Gasteiger partial charge is 0.484 e. The molecule has 1 saturated carbocycles. The first kappa shape index (κ1) is 19.6. The van der Waals surface area contributed by atoms with Crippen LogP contribution in [0.3, 0.4) is 0 Å². The van der Waals surface area contributed by atoms with Crippen molar-refractivity contribution < 1.29 is 31.1 Å². The Balaban J connectivity index is 1.97. The van der Waals surface area contributed by atoms with Crippen LogP contribution in [0.4, 0.5) is 13.2 Å². The van der Waals surface area contributed by atoms with Gasteiger partial charge in [-0.1, -0.05) is 0 Å². The number of benzene rings is 1. The van der Waals surface area contributed by atoms with Crippen LogP contribution in [0.2, 0.25) is 0 Å². The maximum atomic E-state index is 12.5. The van der Waals surface area contributed by atoms with Crippen molar-refractivity contribution in [2.24, 2.45) is 0 Å². The van der Waals surface area contributed by atoms with Crippen molar-refractivity contribution in [1.29, 1.82) is 0 Å². The molecule has 0 aliphatic heterocycles. The number of rotatable bonds is 7. The number of carbonyl (C=O) groups excluding carboxylic acids is 1. The third kappa shape index (κ3) is 5.91. The average Bonchev–Trinajstić information content (AvgIpc) is 3.27. The monoisotopic (exact) mass is 379 g/mol. The van der Waals surface area contributed by atoms with E-state index in [-0.39, 0.29) is 30.1 Å². The van der Waals surface area contributed by atoms with Crippen LogP contribution in [0, 0.1) is 0 Å². The number of ether oxygens (including phenoxy) is 1. The topological polar surface area (TPSA) is 63.7 Å². The number of hydrogen-bond acceptors (Lipinski definition) is 4. The number of hydrogen-bond donors (Lipinski definition) is 0. The molecule has 5 nitrogen and oxygen atoms in total. The first-order valence-electron chi connectivity index (χ1n) is 7.76. The summed E-state index contributed by atoms with van der Waals surface area (Å²) in [4.78, 5) is 13.9. The van der Waals surface area contributed by atoms with Crippen molar-refractivity contribution >= 4 is 15.7 Å². The molecule has 9 heteroatoms. The van der Waals surface area contributed by atoms with E-state index in [4.69, 9.17) is 4.74 Å². The van der Waals surface area contributed by atoms with Crippen LogP contribution in [-0.2, 0) is 20.8 Å². The molecular weight excluding hydrogens is 359 g/mol. The first-order chi connectivity index (χ1) is 11.5. The Morgan fingerprint density at radius 2 is 1.84 bits per heavy atom. The van der Waals surface area contributed by atoms with Gasteiger partial charge in [-0.15, -0.1) is 0 Å². The van der Waals surface area contributed by atoms with Crippen molar-refractivity contribution in [3.05, 3.63) is 29.8 Å². The van der Waals surface area contributed by atoms with Crippen molar-refractivity contribution in [3.8, 4) is 5.75 Å². The minimum atomic E-state index is -4.43. The summed E-state index contributed by atoms with van der Waals surface area (Å²) in [7, 11) is -3.23. The van der Waals surface area contributed by atoms with Gasteiger partial charge in [-0.2, -0.15) is 13.2 Å². The third-order valence-corrected chi connectivity index (χ3v) is 4.88. The minimum absolute atomic E-state index is 0.000422. The number of alkyl halides is 3. The molecule has 1 atom stereocenters. The maximum Gasteiger partial charge on any atom is 0.416 e. The van der Waals surface area contributed by atoms with Gasteiger partial charge in [0.05, 0.1) is 11.3 Å². The molecule has 0 N–H and O–H groups in total. The van der Waals surface area contributed by atoms with E-state index in [1.165, 1.54) is 4.90 Å². The molecule has 0 spiro atoms. The molecule has 25 heavy (non-hydrogen) atoms. The van der Waals surface area contributed by atoms with E-state index in [1.54, 1.807) is 6.92 Å². The molecule has 0 aromatic heterocycles. The van der Waals surface area contributed by atoms with Crippen LogP contribution < -0.4 is 4.74 Å². The molecule has 0 unspecified atom stereocenters. The Hall–Kier alpha value is -1.77. The summed E-state index contributed by atoms with van der Waals surface area (Å²) in [6.07, 6.45) is -1.71. The lowest BCUT2D eigenvalue weighted by molar-refractivity contribution is -0.138. The van der Waals surface area contributed by atoms with Crippen LogP contribution in [0.1, 0.15) is 25.3 Å². The second-order valence-electron chi connectivity index (χ2n) is 6.28. The molecule has 0 bridgehead atoms. The van der Waals surface area contributed by atoms with Crippen LogP contribution >= 0.6 is 0 Å². The molecule has 1 aromatic rings. The SMILES string of the molecule is C[C@@H](CS(C)(=O)=O)N(C(=O)COc1ccc(C(F)(F)F)cc1)C1CC1. The molecule has 1 fully saturated rings. The Morgan fingerprint density at radius 3 is 2.28 bits per heavy atom. The zero-order chi connectivity index (χ0) is 18.8. The summed E-state index contributed by atoms with van der Waals surface area (Å²) >= 11 is 0. The quantitative estimate of drug-likeness (QED) is 0.730. The molecular formula is C16H20F3NO4S. The number of amides is 1. The van der Waals surface area contributed by atoms with E-state index in [0.717, 1.165) is 43.4 Å². The smallest absolute Gasteiger partial charge is 0.416 e. The van der Waals surface area contributed by atoms with Crippen molar-refractivity contribution in [2.45, 2.75) is 38.0 Å². The summed E-state index contributed by atoms with van der Waals surface area (Å²) in [6, 6.07) is 3.58. The highest BCUT2D eigenvalue weighted by molar-refractivity contribution is 7.90. The third-order valence-electron chi connectivity index (χ3n) is 3.79. The lowest BCUT2D eigenvalue weighted by atomic mass is 10.2. The summed E-state index contributed by atoms with van der Waals surface area (Å²) in [5, 5.41) is 0. The van der Waals surface area contributed by atoms with Crippen molar-refractivity contribution in [2.75, 3.05) is 18.6 Å². The summed E-state index contributed by atoms with van der Waals surface area (Å²) in [5.41, 5.74) is -0.799. The fourth-order valence-electron chi connectivity index (χ4n) is 2.64. The van der Waals surface area contributed by atoms with Gasteiger partial charge in [0.2, 0.25) is 0 Å².